The molecule has 0 saturated heterocycles. The zero-order valence-electron chi connectivity index (χ0n) is 6.41. The molecule has 60 valence electrons. The summed E-state index contributed by atoms with van der Waals surface area (Å²) in [7, 11) is 3.25. The Bertz CT molecular complexity index is 101. The van der Waals surface area contributed by atoms with Gasteiger partial charge in [0.25, 0.3) is 0 Å². The molecular formula is C7H14O3. The standard InChI is InChI=1S/C7H14O3/c1-9-7(10-2)6-3-5(6)4-8/h5-8H,3-4H2,1-2H3/t5-,6-/m0/s1. The van der Waals surface area contributed by atoms with Gasteiger partial charge < -0.3 is 14.6 Å². The first-order valence-corrected chi connectivity index (χ1v) is 3.50. The molecule has 1 rings (SSSR count). The average molecular weight is 146 g/mol. The molecule has 0 unspecified atom stereocenters. The molecule has 0 amide bonds. The van der Waals surface area contributed by atoms with E-state index < -0.39 is 0 Å². The van der Waals surface area contributed by atoms with E-state index in [0.717, 1.165) is 6.42 Å². The smallest absolute Gasteiger partial charge is 0.159 e. The lowest BCUT2D eigenvalue weighted by Crippen LogP contribution is -2.17. The Morgan fingerprint density at radius 1 is 1.50 bits per heavy atom. The lowest BCUT2D eigenvalue weighted by molar-refractivity contribution is -0.119. The fraction of sp³-hybridized carbons (Fsp3) is 1.00. The zero-order chi connectivity index (χ0) is 7.56. The van der Waals surface area contributed by atoms with Crippen molar-refractivity contribution in [3.63, 3.8) is 0 Å². The van der Waals surface area contributed by atoms with Crippen LogP contribution in [0.3, 0.4) is 0 Å². The summed E-state index contributed by atoms with van der Waals surface area (Å²) in [6.45, 7) is 0.258. The van der Waals surface area contributed by atoms with Gasteiger partial charge in [-0.05, 0) is 12.3 Å². The Balaban J connectivity index is 2.22. The van der Waals surface area contributed by atoms with Gasteiger partial charge in [0.05, 0.1) is 0 Å². The van der Waals surface area contributed by atoms with Crippen molar-refractivity contribution in [2.24, 2.45) is 11.8 Å². The van der Waals surface area contributed by atoms with Crippen molar-refractivity contribution >= 4 is 0 Å². The van der Waals surface area contributed by atoms with Crippen molar-refractivity contribution in [3.05, 3.63) is 0 Å². The fourth-order valence-electron chi connectivity index (χ4n) is 1.26. The van der Waals surface area contributed by atoms with E-state index in [1.54, 1.807) is 14.2 Å². The number of methoxy groups -OCH3 is 2. The molecule has 0 bridgehead atoms. The fourth-order valence-corrected chi connectivity index (χ4v) is 1.26. The maximum Gasteiger partial charge on any atom is 0.159 e. The molecule has 1 aliphatic carbocycles. The topological polar surface area (TPSA) is 38.7 Å². The van der Waals surface area contributed by atoms with E-state index in [-0.39, 0.29) is 12.9 Å². The van der Waals surface area contributed by atoms with Crippen LogP contribution in [-0.2, 0) is 9.47 Å². The van der Waals surface area contributed by atoms with E-state index in [2.05, 4.69) is 0 Å². The number of ether oxygens (including phenoxy) is 2. The molecule has 2 atom stereocenters. The maximum absolute atomic E-state index is 8.71. The summed E-state index contributed by atoms with van der Waals surface area (Å²) < 4.78 is 10.0. The van der Waals surface area contributed by atoms with E-state index >= 15 is 0 Å². The zero-order valence-corrected chi connectivity index (χ0v) is 6.41. The third-order valence-corrected chi connectivity index (χ3v) is 2.03. The van der Waals surface area contributed by atoms with Crippen molar-refractivity contribution in [3.8, 4) is 0 Å². The van der Waals surface area contributed by atoms with E-state index in [9.17, 15) is 0 Å². The van der Waals surface area contributed by atoms with E-state index in [1.165, 1.54) is 0 Å². The molecule has 0 aromatic carbocycles. The van der Waals surface area contributed by atoms with Gasteiger partial charge in [0.2, 0.25) is 0 Å². The number of rotatable bonds is 4. The van der Waals surface area contributed by atoms with E-state index in [4.69, 9.17) is 14.6 Å². The molecule has 0 aliphatic heterocycles. The molecule has 1 aliphatic rings. The molecule has 0 aromatic rings. The molecule has 3 heteroatoms. The lowest BCUT2D eigenvalue weighted by atomic mass is 10.3. The third-order valence-electron chi connectivity index (χ3n) is 2.03. The minimum absolute atomic E-state index is 0.114. The number of aliphatic hydroxyl groups is 1. The average Bonchev–Trinajstić information content (AvgIpc) is 2.70. The minimum Gasteiger partial charge on any atom is -0.396 e. The molecule has 0 spiro atoms. The normalized spacial score (nSPS) is 31.2. The number of hydrogen-bond acceptors (Lipinski definition) is 3. The van der Waals surface area contributed by atoms with Gasteiger partial charge in [0.1, 0.15) is 0 Å². The highest BCUT2D eigenvalue weighted by atomic mass is 16.7. The van der Waals surface area contributed by atoms with Gasteiger partial charge >= 0.3 is 0 Å². The number of hydrogen-bond donors (Lipinski definition) is 1. The Morgan fingerprint density at radius 3 is 2.40 bits per heavy atom. The molecule has 0 radical (unpaired) electrons. The van der Waals surface area contributed by atoms with Crippen LogP contribution in [0.25, 0.3) is 0 Å². The first kappa shape index (κ1) is 7.98. The summed E-state index contributed by atoms with van der Waals surface area (Å²) >= 11 is 0. The maximum atomic E-state index is 8.71. The second-order valence-electron chi connectivity index (χ2n) is 2.68. The second-order valence-corrected chi connectivity index (χ2v) is 2.68. The Kier molecular flexibility index (Phi) is 2.65. The molecule has 1 fully saturated rings. The summed E-state index contributed by atoms with van der Waals surface area (Å²) in [5.41, 5.74) is 0. The molecule has 0 aromatic heterocycles. The molecule has 0 heterocycles. The lowest BCUT2D eigenvalue weighted by Gasteiger charge is -2.11. The van der Waals surface area contributed by atoms with E-state index in [0.29, 0.717) is 11.8 Å². The number of aliphatic hydroxyl groups excluding tert-OH is 1. The highest BCUT2D eigenvalue weighted by molar-refractivity contribution is 4.87. The van der Waals surface area contributed by atoms with Crippen molar-refractivity contribution in [2.45, 2.75) is 12.7 Å². The monoisotopic (exact) mass is 146 g/mol. The highest BCUT2D eigenvalue weighted by Crippen LogP contribution is 2.41. The summed E-state index contributed by atoms with van der Waals surface area (Å²) in [6.07, 6.45) is 0.917. The molecule has 1 saturated carbocycles. The van der Waals surface area contributed by atoms with Crippen LogP contribution in [0, 0.1) is 11.8 Å². The van der Waals surface area contributed by atoms with Crippen molar-refractivity contribution in [1.82, 2.24) is 0 Å². The van der Waals surface area contributed by atoms with Crippen molar-refractivity contribution in [2.75, 3.05) is 20.8 Å². The summed E-state index contributed by atoms with van der Waals surface area (Å²) in [4.78, 5) is 0. The van der Waals surface area contributed by atoms with E-state index in [1.807, 2.05) is 0 Å². The second kappa shape index (κ2) is 3.32. The quantitative estimate of drug-likeness (QED) is 0.577. The third kappa shape index (κ3) is 1.48. The summed E-state index contributed by atoms with van der Waals surface area (Å²) in [5, 5.41) is 8.71. The molecule has 1 N–H and O–H groups in total. The van der Waals surface area contributed by atoms with Crippen LogP contribution in [0.5, 0.6) is 0 Å². The van der Waals surface area contributed by atoms with Crippen LogP contribution < -0.4 is 0 Å². The van der Waals surface area contributed by atoms with Crippen LogP contribution in [0.4, 0.5) is 0 Å². The van der Waals surface area contributed by atoms with Crippen LogP contribution in [0.15, 0.2) is 0 Å². The van der Waals surface area contributed by atoms with Gasteiger partial charge in [0.15, 0.2) is 6.29 Å². The van der Waals surface area contributed by atoms with Gasteiger partial charge in [-0.1, -0.05) is 0 Å². The summed E-state index contributed by atoms with van der Waals surface area (Å²) in [5.74, 6) is 0.824. The van der Waals surface area contributed by atoms with Gasteiger partial charge in [-0.25, -0.2) is 0 Å². The largest absolute Gasteiger partial charge is 0.396 e. The van der Waals surface area contributed by atoms with Crippen LogP contribution in [-0.4, -0.2) is 32.2 Å². The predicted octanol–water partition coefficient (Wildman–Crippen LogP) is 0.234. The van der Waals surface area contributed by atoms with Crippen molar-refractivity contribution < 1.29 is 14.6 Å². The Hall–Kier alpha value is -0.120. The van der Waals surface area contributed by atoms with Gasteiger partial charge in [-0.2, -0.15) is 0 Å². The van der Waals surface area contributed by atoms with Crippen LogP contribution >= 0.6 is 0 Å². The molecule has 3 nitrogen and oxygen atoms in total. The van der Waals surface area contributed by atoms with Crippen LogP contribution in [0.2, 0.25) is 0 Å². The Labute approximate surface area is 60.9 Å². The Morgan fingerprint density at radius 2 is 2.10 bits per heavy atom. The first-order valence-electron chi connectivity index (χ1n) is 3.50. The molecule has 10 heavy (non-hydrogen) atoms. The SMILES string of the molecule is COC(OC)[C@H]1C[C@H]1CO. The highest BCUT2D eigenvalue weighted by Gasteiger charge is 2.43. The summed E-state index contributed by atoms with van der Waals surface area (Å²) in [6, 6.07) is 0. The van der Waals surface area contributed by atoms with Crippen molar-refractivity contribution in [1.29, 1.82) is 0 Å². The van der Waals surface area contributed by atoms with Gasteiger partial charge in [0, 0.05) is 26.7 Å². The van der Waals surface area contributed by atoms with Gasteiger partial charge in [-0.15, -0.1) is 0 Å². The predicted molar refractivity (Wildman–Crippen MR) is 36.5 cm³/mol. The van der Waals surface area contributed by atoms with Crippen LogP contribution in [0.1, 0.15) is 6.42 Å². The minimum atomic E-state index is -0.114. The molecular weight excluding hydrogens is 132 g/mol. The van der Waals surface area contributed by atoms with Gasteiger partial charge in [-0.3, -0.25) is 0 Å². The first-order chi connectivity index (χ1) is 4.83.